The molecule has 1 N–H and O–H groups in total. The predicted molar refractivity (Wildman–Crippen MR) is 111 cm³/mol. The molecule has 2 aromatic rings. The second kappa shape index (κ2) is 7.47. The van der Waals surface area contributed by atoms with E-state index in [2.05, 4.69) is 0 Å². The van der Waals surface area contributed by atoms with Gasteiger partial charge in [-0.1, -0.05) is 24.6 Å². The molecule has 1 heterocycles. The average Bonchev–Trinajstić information content (AvgIpc) is 2.62. The molecule has 0 saturated heterocycles. The molecule has 2 aromatic carbocycles. The van der Waals surface area contributed by atoms with Crippen molar-refractivity contribution in [3.05, 3.63) is 64.1 Å². The van der Waals surface area contributed by atoms with E-state index in [1.165, 1.54) is 18.2 Å². The number of rotatable bonds is 4. The Balaban J connectivity index is 2.13. The number of hydrogen-bond acceptors (Lipinski definition) is 4. The molecule has 1 aliphatic rings. The molecule has 0 unspecified atom stereocenters. The summed E-state index contributed by atoms with van der Waals surface area (Å²) in [6.07, 6.45) is 0.651. The minimum absolute atomic E-state index is 0.117. The van der Waals surface area contributed by atoms with Gasteiger partial charge in [0.1, 0.15) is 34.3 Å². The van der Waals surface area contributed by atoms with Gasteiger partial charge in [-0.2, -0.15) is 0 Å². The van der Waals surface area contributed by atoms with Crippen LogP contribution < -0.4 is 4.74 Å². The summed E-state index contributed by atoms with van der Waals surface area (Å²) in [7, 11) is 0. The summed E-state index contributed by atoms with van der Waals surface area (Å²) in [4.78, 5) is 13.1. The maximum Gasteiger partial charge on any atom is 0.198 e. The summed E-state index contributed by atoms with van der Waals surface area (Å²) in [5.74, 6) is -0.174. The molecule has 154 valence electrons. The highest BCUT2D eigenvalue weighted by Crippen LogP contribution is 2.42. The van der Waals surface area contributed by atoms with E-state index in [9.17, 15) is 14.3 Å². The van der Waals surface area contributed by atoms with Crippen molar-refractivity contribution in [2.24, 2.45) is 0 Å². The molecule has 0 aliphatic carbocycles. The van der Waals surface area contributed by atoms with Gasteiger partial charge in [-0.25, -0.2) is 4.39 Å². The van der Waals surface area contributed by atoms with Crippen LogP contribution in [0.2, 0.25) is 5.02 Å². The average molecular weight is 419 g/mol. The van der Waals surface area contributed by atoms with Gasteiger partial charge in [0.05, 0.1) is 10.6 Å². The number of halogens is 2. The number of carbonyl (C=O) groups is 1. The lowest BCUT2D eigenvalue weighted by Gasteiger charge is -2.40. The van der Waals surface area contributed by atoms with Gasteiger partial charge in [-0.15, -0.1) is 0 Å². The highest BCUT2D eigenvalue weighted by Gasteiger charge is 2.47. The number of aliphatic hydroxyl groups excluding tert-OH is 1. The van der Waals surface area contributed by atoms with E-state index >= 15 is 0 Å². The highest BCUT2D eigenvalue weighted by molar-refractivity contribution is 6.32. The first-order chi connectivity index (χ1) is 13.5. The largest absolute Gasteiger partial charge is 0.508 e. The quantitative estimate of drug-likeness (QED) is 0.636. The zero-order chi connectivity index (χ0) is 21.6. The molecule has 4 nitrogen and oxygen atoms in total. The van der Waals surface area contributed by atoms with Gasteiger partial charge in [0, 0.05) is 0 Å². The number of hydrogen-bond donors (Lipinski definition) is 1. The van der Waals surface area contributed by atoms with Crippen molar-refractivity contribution in [2.45, 2.75) is 52.2 Å². The molecule has 0 bridgehead atoms. The third-order valence-electron chi connectivity index (χ3n) is 4.94. The zero-order valence-corrected chi connectivity index (χ0v) is 17.9. The van der Waals surface area contributed by atoms with Crippen LogP contribution in [0, 0.1) is 5.82 Å². The topological polar surface area (TPSA) is 55.8 Å². The molecule has 3 rings (SSSR count). The fourth-order valence-corrected chi connectivity index (χ4v) is 3.74. The number of ketones is 1. The van der Waals surface area contributed by atoms with Crippen molar-refractivity contribution in [2.75, 3.05) is 0 Å². The summed E-state index contributed by atoms with van der Waals surface area (Å²) >= 11 is 6.06. The second-order valence-corrected chi connectivity index (χ2v) is 8.43. The Hall–Kier alpha value is -2.37. The van der Waals surface area contributed by atoms with Crippen molar-refractivity contribution in [1.82, 2.24) is 0 Å². The standard InChI is InChI=1S/C23H24ClFO4/c1-6-13-7-9-15(28-18-10-8-14(25)11-17(18)24)12-16(13)19-20(26)22(2,3)29-23(4,5)21(19)27/h7-12,26H,6H2,1-5H3. The van der Waals surface area contributed by atoms with E-state index in [0.29, 0.717) is 23.5 Å². The SMILES string of the molecule is CCc1ccc(Oc2ccc(F)cc2Cl)cc1C1=C(O)C(C)(C)OC(C)(C)C1=O. The molecule has 0 saturated carbocycles. The van der Waals surface area contributed by atoms with Crippen LogP contribution in [0.1, 0.15) is 45.7 Å². The normalized spacial score (nSPS) is 18.1. The molecular formula is C23H24ClFO4. The van der Waals surface area contributed by atoms with E-state index < -0.39 is 17.0 Å². The summed E-state index contributed by atoms with van der Waals surface area (Å²) in [5.41, 5.74) is -0.429. The minimum atomic E-state index is -1.09. The first kappa shape index (κ1) is 21.3. The Morgan fingerprint density at radius 1 is 1.10 bits per heavy atom. The second-order valence-electron chi connectivity index (χ2n) is 8.02. The molecule has 0 fully saturated rings. The zero-order valence-electron chi connectivity index (χ0n) is 17.1. The first-order valence-corrected chi connectivity index (χ1v) is 9.79. The van der Waals surface area contributed by atoms with Crippen LogP contribution in [-0.2, 0) is 16.0 Å². The predicted octanol–water partition coefficient (Wildman–Crippen LogP) is 6.26. The van der Waals surface area contributed by atoms with E-state index in [1.807, 2.05) is 13.0 Å². The van der Waals surface area contributed by atoms with Crippen LogP contribution in [0.5, 0.6) is 11.5 Å². The van der Waals surface area contributed by atoms with E-state index in [1.54, 1.807) is 39.8 Å². The third-order valence-corrected chi connectivity index (χ3v) is 5.24. The Morgan fingerprint density at radius 3 is 2.41 bits per heavy atom. The van der Waals surface area contributed by atoms with Crippen LogP contribution in [0.15, 0.2) is 42.2 Å². The molecule has 0 aromatic heterocycles. The number of ether oxygens (including phenoxy) is 2. The highest BCUT2D eigenvalue weighted by atomic mass is 35.5. The van der Waals surface area contributed by atoms with Gasteiger partial charge in [0.25, 0.3) is 0 Å². The number of aliphatic hydroxyl groups is 1. The molecule has 1 aliphatic heterocycles. The van der Waals surface area contributed by atoms with Gasteiger partial charge in [0.15, 0.2) is 5.78 Å². The molecule has 6 heteroatoms. The molecule has 0 atom stereocenters. The van der Waals surface area contributed by atoms with E-state index in [0.717, 1.165) is 5.56 Å². The van der Waals surface area contributed by atoms with Gasteiger partial charge in [-0.05, 0) is 75.6 Å². The van der Waals surface area contributed by atoms with Crippen molar-refractivity contribution in [3.63, 3.8) is 0 Å². The van der Waals surface area contributed by atoms with E-state index in [4.69, 9.17) is 21.1 Å². The third kappa shape index (κ3) is 4.02. The van der Waals surface area contributed by atoms with Crippen molar-refractivity contribution in [3.8, 4) is 11.5 Å². The maximum atomic E-state index is 13.3. The van der Waals surface area contributed by atoms with Crippen molar-refractivity contribution >= 4 is 23.0 Å². The lowest BCUT2D eigenvalue weighted by molar-refractivity contribution is -0.158. The lowest BCUT2D eigenvalue weighted by Crippen LogP contribution is -2.49. The number of aryl methyl sites for hydroxylation is 1. The van der Waals surface area contributed by atoms with Gasteiger partial charge in [0.2, 0.25) is 0 Å². The fourth-order valence-electron chi connectivity index (χ4n) is 3.54. The van der Waals surface area contributed by atoms with Gasteiger partial charge < -0.3 is 14.6 Å². The number of Topliss-reactive ketones (excluding diaryl/α,β-unsaturated/α-hetero) is 1. The molecular weight excluding hydrogens is 395 g/mol. The fraction of sp³-hybridized carbons (Fsp3) is 0.348. The van der Waals surface area contributed by atoms with Gasteiger partial charge in [-0.3, -0.25) is 4.79 Å². The van der Waals surface area contributed by atoms with Crippen molar-refractivity contribution in [1.29, 1.82) is 0 Å². The Labute approximate surface area is 174 Å². The Kier molecular flexibility index (Phi) is 5.50. The van der Waals surface area contributed by atoms with E-state index in [-0.39, 0.29) is 22.1 Å². The molecule has 0 spiro atoms. The lowest BCUT2D eigenvalue weighted by atomic mass is 9.81. The molecule has 29 heavy (non-hydrogen) atoms. The Bertz CT molecular complexity index is 1010. The number of benzene rings is 2. The summed E-state index contributed by atoms with van der Waals surface area (Å²) in [6, 6.07) is 9.14. The van der Waals surface area contributed by atoms with Gasteiger partial charge >= 0.3 is 0 Å². The maximum absolute atomic E-state index is 13.3. The first-order valence-electron chi connectivity index (χ1n) is 9.41. The smallest absolute Gasteiger partial charge is 0.198 e. The summed E-state index contributed by atoms with van der Waals surface area (Å²) < 4.78 is 24.9. The van der Waals surface area contributed by atoms with Crippen LogP contribution in [0.4, 0.5) is 4.39 Å². The Morgan fingerprint density at radius 2 is 1.79 bits per heavy atom. The van der Waals surface area contributed by atoms with Crippen LogP contribution >= 0.6 is 11.6 Å². The monoisotopic (exact) mass is 418 g/mol. The summed E-state index contributed by atoms with van der Waals surface area (Å²) in [6.45, 7) is 8.79. The number of carbonyl (C=O) groups excluding carboxylic acids is 1. The van der Waals surface area contributed by atoms with Crippen molar-refractivity contribution < 1.29 is 23.8 Å². The molecule has 0 radical (unpaired) electrons. The van der Waals surface area contributed by atoms with Crippen LogP contribution in [-0.4, -0.2) is 22.1 Å². The van der Waals surface area contributed by atoms with Crippen LogP contribution in [0.3, 0.4) is 0 Å². The molecule has 0 amide bonds. The minimum Gasteiger partial charge on any atom is -0.508 e. The van der Waals surface area contributed by atoms with Crippen LogP contribution in [0.25, 0.3) is 5.57 Å². The summed E-state index contributed by atoms with van der Waals surface area (Å²) in [5, 5.41) is 11.0.